The summed E-state index contributed by atoms with van der Waals surface area (Å²) in [5, 5.41) is 17.6. The zero-order valence-corrected chi connectivity index (χ0v) is 42.5. The monoisotopic (exact) mass is 887 g/mol. The van der Waals surface area contributed by atoms with Crippen molar-refractivity contribution in [3.63, 3.8) is 0 Å². The van der Waals surface area contributed by atoms with E-state index in [1.807, 2.05) is 0 Å². The molecule has 0 unspecified atom stereocenters. The van der Waals surface area contributed by atoms with E-state index < -0.39 is 22.7 Å². The fourth-order valence-electron chi connectivity index (χ4n) is 8.50. The molecular formula is C54H98N2O5S+2. The topological polar surface area (TPSA) is 91.7 Å². The molecule has 7 nitrogen and oxygen atoms in total. The first-order chi connectivity index (χ1) is 30.0. The summed E-state index contributed by atoms with van der Waals surface area (Å²) in [4.78, 5) is 22.4. The van der Waals surface area contributed by atoms with Crippen LogP contribution in [0.3, 0.4) is 0 Å². The summed E-state index contributed by atoms with van der Waals surface area (Å²) >= 11 is 0. The lowest BCUT2D eigenvalue weighted by atomic mass is 10.1. The van der Waals surface area contributed by atoms with Crippen LogP contribution in [0.5, 0.6) is 0 Å². The molecule has 62 heavy (non-hydrogen) atoms. The first-order valence-corrected chi connectivity index (χ1v) is 26.9. The van der Waals surface area contributed by atoms with Crippen LogP contribution in [0.4, 0.5) is 0 Å². The van der Waals surface area contributed by atoms with Crippen LogP contribution in [0.15, 0.2) is 58.3 Å². The maximum absolute atomic E-state index is 12.2. The molecule has 2 N–H and O–H groups in total. The van der Waals surface area contributed by atoms with Crippen molar-refractivity contribution in [1.82, 2.24) is 0 Å². The van der Waals surface area contributed by atoms with Gasteiger partial charge in [-0.15, -0.1) is 0 Å². The van der Waals surface area contributed by atoms with Crippen LogP contribution >= 0.6 is 0 Å². The van der Waals surface area contributed by atoms with Crippen LogP contribution in [0.2, 0.25) is 0 Å². The number of carboxylic acids is 2. The normalized spacial score (nSPS) is 11.5. The average molecular weight is 887 g/mol. The van der Waals surface area contributed by atoms with E-state index in [1.54, 1.807) is 0 Å². The Kier molecular flexibility index (Phi) is 37.3. The molecule has 8 heteroatoms. The molecule has 0 saturated heterocycles. The van der Waals surface area contributed by atoms with Gasteiger partial charge in [0.15, 0.2) is 0 Å². The molecule has 0 bridgehead atoms. The van der Waals surface area contributed by atoms with Crippen molar-refractivity contribution in [1.29, 1.82) is 0 Å². The summed E-state index contributed by atoms with van der Waals surface area (Å²) in [5.74, 6) is -2.10. The van der Waals surface area contributed by atoms with E-state index in [1.165, 1.54) is 264 Å². The van der Waals surface area contributed by atoms with E-state index in [9.17, 15) is 13.8 Å². The van der Waals surface area contributed by atoms with E-state index in [0.29, 0.717) is 9.79 Å². The minimum absolute atomic E-state index is 0.118. The van der Waals surface area contributed by atoms with Gasteiger partial charge in [0.05, 0.1) is 74.3 Å². The Labute approximate surface area is 385 Å². The van der Waals surface area contributed by atoms with Crippen molar-refractivity contribution in [3.8, 4) is 0 Å². The third kappa shape index (κ3) is 27.6. The van der Waals surface area contributed by atoms with E-state index in [2.05, 4.69) is 55.4 Å². The molecule has 358 valence electrons. The summed E-state index contributed by atoms with van der Waals surface area (Å²) in [6.07, 6.45) is 33.8. The summed E-state index contributed by atoms with van der Waals surface area (Å²) < 4.78 is 15.1. The zero-order chi connectivity index (χ0) is 46.3. The molecule has 0 radical (unpaired) electrons. The highest BCUT2D eigenvalue weighted by Gasteiger charge is 2.26. The summed E-state index contributed by atoms with van der Waals surface area (Å²) in [7, 11) is -1.48. The van der Waals surface area contributed by atoms with Crippen LogP contribution in [0, 0.1) is 0 Å². The van der Waals surface area contributed by atoms with Gasteiger partial charge in [0.25, 0.3) is 0 Å². The first-order valence-electron chi connectivity index (χ1n) is 25.8. The standard InChI is InChI=1S/2C20H44N.C14H10O5S/c2*1-5-9-13-17-21(18-14-10-6-2,19-15-11-7-3)20-16-12-8-4;15-13(16)9-1-5-11(6-2-9)20(19)12-7-3-10(4-8-12)14(17)18/h2*5-20H2,1-4H3;1-8H,(H,15,16)(H,17,18)/q2*+1;. The van der Waals surface area contributed by atoms with Crippen LogP contribution in [0.25, 0.3) is 0 Å². The van der Waals surface area contributed by atoms with Crippen molar-refractivity contribution in [3.05, 3.63) is 59.7 Å². The Morgan fingerprint density at radius 2 is 0.532 bits per heavy atom. The molecule has 0 atom stereocenters. The minimum Gasteiger partial charge on any atom is -0.478 e. The van der Waals surface area contributed by atoms with Gasteiger partial charge in [0, 0.05) is 9.79 Å². The number of unbranched alkanes of at least 4 members (excludes halogenated alkanes) is 16. The molecule has 0 saturated carbocycles. The molecule has 0 spiro atoms. The molecule has 0 heterocycles. The van der Waals surface area contributed by atoms with Crippen LogP contribution in [-0.4, -0.2) is 87.7 Å². The Bertz CT molecular complexity index is 1190. The third-order valence-corrected chi connectivity index (χ3v) is 13.9. The van der Waals surface area contributed by atoms with Gasteiger partial charge in [-0.25, -0.2) is 13.8 Å². The molecule has 0 fully saturated rings. The fourth-order valence-corrected chi connectivity index (χ4v) is 9.54. The predicted molar refractivity (Wildman–Crippen MR) is 267 cm³/mol. The number of aromatic carboxylic acids is 2. The van der Waals surface area contributed by atoms with Crippen molar-refractivity contribution >= 4 is 22.7 Å². The molecule has 2 aromatic rings. The number of nitrogens with zero attached hydrogens (tertiary/aromatic N) is 2. The molecule has 0 aliphatic rings. The molecule has 0 aromatic heterocycles. The second kappa shape index (κ2) is 38.9. The summed E-state index contributed by atoms with van der Waals surface area (Å²) in [5.41, 5.74) is 0.235. The van der Waals surface area contributed by atoms with Crippen LogP contribution in [0.1, 0.15) is 230 Å². The van der Waals surface area contributed by atoms with Gasteiger partial charge < -0.3 is 19.2 Å². The lowest BCUT2D eigenvalue weighted by Gasteiger charge is -2.39. The first kappa shape index (κ1) is 59.5. The number of hydrogen-bond acceptors (Lipinski definition) is 3. The Balaban J connectivity index is 0.000000900. The van der Waals surface area contributed by atoms with Gasteiger partial charge in [-0.3, -0.25) is 0 Å². The Hall–Kier alpha value is -2.55. The van der Waals surface area contributed by atoms with E-state index in [0.717, 1.165) is 0 Å². The van der Waals surface area contributed by atoms with Gasteiger partial charge in [-0.1, -0.05) is 107 Å². The van der Waals surface area contributed by atoms with Gasteiger partial charge in [0.1, 0.15) is 0 Å². The van der Waals surface area contributed by atoms with Gasteiger partial charge in [0.2, 0.25) is 0 Å². The van der Waals surface area contributed by atoms with Crippen molar-refractivity contribution in [2.24, 2.45) is 0 Å². The van der Waals surface area contributed by atoms with Crippen molar-refractivity contribution < 1.29 is 33.0 Å². The number of carbonyl (C=O) groups is 2. The molecule has 2 aromatic carbocycles. The number of hydrogen-bond donors (Lipinski definition) is 2. The highest BCUT2D eigenvalue weighted by molar-refractivity contribution is 7.85. The van der Waals surface area contributed by atoms with Crippen LogP contribution < -0.4 is 0 Å². The van der Waals surface area contributed by atoms with Gasteiger partial charge >= 0.3 is 11.9 Å². The summed E-state index contributed by atoms with van der Waals surface area (Å²) in [6, 6.07) is 11.4. The van der Waals surface area contributed by atoms with Gasteiger partial charge in [-0.2, -0.15) is 0 Å². The lowest BCUT2D eigenvalue weighted by Crippen LogP contribution is -2.50. The molecule has 2 rings (SSSR count). The van der Waals surface area contributed by atoms with Gasteiger partial charge in [-0.05, 0) is 151 Å². The number of carboxylic acid groups (broad SMARTS) is 2. The maximum atomic E-state index is 12.2. The average Bonchev–Trinajstić information content (AvgIpc) is 3.27. The van der Waals surface area contributed by atoms with E-state index >= 15 is 0 Å². The third-order valence-electron chi connectivity index (χ3n) is 12.5. The highest BCUT2D eigenvalue weighted by atomic mass is 32.2. The Morgan fingerprint density at radius 3 is 0.677 bits per heavy atom. The van der Waals surface area contributed by atoms with Crippen LogP contribution in [-0.2, 0) is 10.8 Å². The number of benzene rings is 2. The SMILES string of the molecule is CCCCC[N+](CCCCC)(CCCCC)CCCCC.CCCCC[N+](CCCCC)(CCCCC)CCCCC.O=C(O)c1ccc(S(=O)c2ccc(C(=O)O)cc2)cc1. The maximum Gasteiger partial charge on any atom is 0.335 e. The minimum atomic E-state index is -1.48. The summed E-state index contributed by atoms with van der Waals surface area (Å²) in [6.45, 7) is 30.3. The van der Waals surface area contributed by atoms with E-state index in [-0.39, 0.29) is 11.1 Å². The fraction of sp³-hybridized carbons (Fsp3) is 0.741. The number of rotatable bonds is 36. The smallest absolute Gasteiger partial charge is 0.335 e. The second-order valence-electron chi connectivity index (χ2n) is 18.1. The molecule has 0 aliphatic heterocycles. The number of quaternary nitrogens is 2. The zero-order valence-electron chi connectivity index (χ0n) is 41.7. The molecular weight excluding hydrogens is 789 g/mol. The predicted octanol–water partition coefficient (Wildman–Crippen LogP) is 15.4. The molecule has 0 aliphatic carbocycles. The highest BCUT2D eigenvalue weighted by Crippen LogP contribution is 2.21. The largest absolute Gasteiger partial charge is 0.478 e. The lowest BCUT2D eigenvalue weighted by molar-refractivity contribution is -0.929. The van der Waals surface area contributed by atoms with Crippen molar-refractivity contribution in [2.75, 3.05) is 52.4 Å². The van der Waals surface area contributed by atoms with Crippen molar-refractivity contribution in [2.45, 2.75) is 219 Å². The quantitative estimate of drug-likeness (QED) is 0.0525. The second-order valence-corrected chi connectivity index (χ2v) is 19.5. The molecule has 0 amide bonds. The Morgan fingerprint density at radius 1 is 0.355 bits per heavy atom. The van der Waals surface area contributed by atoms with E-state index in [4.69, 9.17) is 10.2 Å².